The molecule has 6 heteroatoms. The van der Waals surface area contributed by atoms with Crippen LogP contribution in [0.25, 0.3) is 0 Å². The average molecular weight is 327 g/mol. The second-order valence-corrected chi connectivity index (χ2v) is 6.12. The lowest BCUT2D eigenvalue weighted by atomic mass is 10.1. The van der Waals surface area contributed by atoms with Crippen LogP contribution in [0.3, 0.4) is 0 Å². The molecule has 18 heavy (non-hydrogen) atoms. The number of nitrogens with two attached hydrogens (primary N) is 1. The molecule has 1 aromatic carbocycles. The van der Waals surface area contributed by atoms with Crippen molar-refractivity contribution in [1.29, 1.82) is 0 Å². The molecule has 0 saturated carbocycles. The highest BCUT2D eigenvalue weighted by atomic mass is 79.9. The van der Waals surface area contributed by atoms with E-state index < -0.39 is 0 Å². The third-order valence-corrected chi connectivity index (χ3v) is 4.19. The number of aromatic nitrogens is 3. The highest BCUT2D eigenvalue weighted by Crippen LogP contribution is 2.32. The molecule has 0 fully saturated rings. The lowest BCUT2D eigenvalue weighted by molar-refractivity contribution is 0.737. The summed E-state index contributed by atoms with van der Waals surface area (Å²) in [6.45, 7) is 3.89. The smallest absolute Gasteiger partial charge is 0.213 e. The second-order valence-electron chi connectivity index (χ2n) is 4.25. The molecule has 1 heterocycles. The topological polar surface area (TPSA) is 67.6 Å². The van der Waals surface area contributed by atoms with Crippen LogP contribution in [0.1, 0.15) is 18.3 Å². The van der Waals surface area contributed by atoms with Gasteiger partial charge in [0.1, 0.15) is 5.82 Å². The minimum Gasteiger partial charge on any atom is -0.328 e. The zero-order valence-corrected chi connectivity index (χ0v) is 12.7. The third kappa shape index (κ3) is 3.57. The maximum atomic E-state index is 5.79. The lowest BCUT2D eigenvalue weighted by Gasteiger charge is -2.07. The van der Waals surface area contributed by atoms with E-state index in [9.17, 15) is 0 Å². The first-order chi connectivity index (χ1) is 8.54. The molecule has 0 bridgehead atoms. The number of nitrogens with zero attached hydrogens (tertiary/aromatic N) is 2. The Kier molecular flexibility index (Phi) is 4.42. The lowest BCUT2D eigenvalue weighted by Crippen LogP contribution is -2.17. The molecule has 96 valence electrons. The van der Waals surface area contributed by atoms with Gasteiger partial charge in [-0.05, 0) is 65.7 Å². The van der Waals surface area contributed by atoms with Gasteiger partial charge in [0.05, 0.1) is 0 Å². The molecule has 2 aromatic rings. The van der Waals surface area contributed by atoms with Gasteiger partial charge in [-0.15, -0.1) is 5.10 Å². The summed E-state index contributed by atoms with van der Waals surface area (Å²) in [5.41, 5.74) is 7.02. The Labute approximate surface area is 119 Å². The predicted octanol–water partition coefficient (Wildman–Crippen LogP) is 2.92. The molecule has 0 radical (unpaired) electrons. The first-order valence-corrected chi connectivity index (χ1v) is 7.26. The van der Waals surface area contributed by atoms with Crippen LogP contribution in [0.4, 0.5) is 0 Å². The second kappa shape index (κ2) is 5.86. The fourth-order valence-corrected chi connectivity index (χ4v) is 3.02. The van der Waals surface area contributed by atoms with E-state index in [1.165, 1.54) is 17.3 Å². The van der Waals surface area contributed by atoms with Crippen molar-refractivity contribution in [2.24, 2.45) is 5.73 Å². The number of hydrogen-bond acceptors (Lipinski definition) is 4. The van der Waals surface area contributed by atoms with Gasteiger partial charge < -0.3 is 5.73 Å². The number of hydrogen-bond donors (Lipinski definition) is 2. The van der Waals surface area contributed by atoms with Crippen molar-refractivity contribution in [3.05, 3.63) is 34.1 Å². The van der Waals surface area contributed by atoms with E-state index in [1.807, 2.05) is 13.8 Å². The van der Waals surface area contributed by atoms with E-state index in [1.54, 1.807) is 0 Å². The van der Waals surface area contributed by atoms with Crippen LogP contribution in [0, 0.1) is 6.92 Å². The Morgan fingerprint density at radius 2 is 2.28 bits per heavy atom. The molecular formula is C12H15BrN4S. The van der Waals surface area contributed by atoms with Gasteiger partial charge in [-0.1, -0.05) is 6.07 Å². The van der Waals surface area contributed by atoms with E-state index in [0.717, 1.165) is 26.8 Å². The third-order valence-electron chi connectivity index (χ3n) is 2.33. The quantitative estimate of drug-likeness (QED) is 0.906. The maximum Gasteiger partial charge on any atom is 0.213 e. The molecule has 0 aliphatic rings. The minimum atomic E-state index is 0.172. The van der Waals surface area contributed by atoms with Crippen LogP contribution < -0.4 is 5.73 Å². The van der Waals surface area contributed by atoms with Crippen LogP contribution >= 0.6 is 27.7 Å². The predicted molar refractivity (Wildman–Crippen MR) is 76.7 cm³/mol. The highest BCUT2D eigenvalue weighted by Gasteiger charge is 2.08. The number of rotatable bonds is 4. The van der Waals surface area contributed by atoms with Gasteiger partial charge in [-0.3, -0.25) is 5.10 Å². The number of aryl methyl sites for hydroxylation is 1. The van der Waals surface area contributed by atoms with Crippen molar-refractivity contribution in [2.75, 3.05) is 0 Å². The molecular weight excluding hydrogens is 312 g/mol. The van der Waals surface area contributed by atoms with Crippen molar-refractivity contribution in [1.82, 2.24) is 15.2 Å². The average Bonchev–Trinajstić information content (AvgIpc) is 2.67. The summed E-state index contributed by atoms with van der Waals surface area (Å²) in [5, 5.41) is 7.67. The monoisotopic (exact) mass is 326 g/mol. The molecule has 0 aliphatic carbocycles. The van der Waals surface area contributed by atoms with Gasteiger partial charge in [-0.2, -0.15) is 0 Å². The summed E-state index contributed by atoms with van der Waals surface area (Å²) in [6.07, 6.45) is 0.878. The molecule has 4 nitrogen and oxygen atoms in total. The zero-order valence-electron chi connectivity index (χ0n) is 10.3. The van der Waals surface area contributed by atoms with Crippen LogP contribution in [-0.4, -0.2) is 21.2 Å². The molecule has 0 amide bonds. The van der Waals surface area contributed by atoms with Crippen LogP contribution in [0.15, 0.2) is 32.7 Å². The number of nitrogens with one attached hydrogen (secondary N) is 1. The normalized spacial score (nSPS) is 12.7. The molecule has 0 spiro atoms. The van der Waals surface area contributed by atoms with E-state index in [4.69, 9.17) is 5.73 Å². The van der Waals surface area contributed by atoms with Crippen LogP contribution in [0.2, 0.25) is 0 Å². The van der Waals surface area contributed by atoms with E-state index >= 15 is 0 Å². The Morgan fingerprint density at radius 1 is 1.50 bits per heavy atom. The Morgan fingerprint density at radius 3 is 2.83 bits per heavy atom. The molecule has 1 unspecified atom stereocenters. The maximum absolute atomic E-state index is 5.79. The zero-order chi connectivity index (χ0) is 13.1. The molecule has 1 aromatic heterocycles. The first kappa shape index (κ1) is 13.6. The number of H-pyrrole nitrogens is 1. The van der Waals surface area contributed by atoms with Gasteiger partial charge in [0.2, 0.25) is 5.16 Å². The van der Waals surface area contributed by atoms with Gasteiger partial charge in [0.15, 0.2) is 0 Å². The first-order valence-electron chi connectivity index (χ1n) is 5.65. The van der Waals surface area contributed by atoms with E-state index in [-0.39, 0.29) is 6.04 Å². The molecule has 0 aliphatic heterocycles. The molecule has 0 saturated heterocycles. The highest BCUT2D eigenvalue weighted by molar-refractivity contribution is 9.10. The summed E-state index contributed by atoms with van der Waals surface area (Å²) in [4.78, 5) is 5.37. The van der Waals surface area contributed by atoms with Crippen molar-refractivity contribution in [2.45, 2.75) is 36.4 Å². The molecule has 3 N–H and O–H groups in total. The Balaban J connectivity index is 2.14. The summed E-state index contributed by atoms with van der Waals surface area (Å²) >= 11 is 5.10. The number of halogens is 1. The minimum absolute atomic E-state index is 0.172. The van der Waals surface area contributed by atoms with E-state index in [2.05, 4.69) is 49.3 Å². The van der Waals surface area contributed by atoms with Crippen LogP contribution in [-0.2, 0) is 6.42 Å². The Bertz CT molecular complexity index is 539. The van der Waals surface area contributed by atoms with Gasteiger partial charge >= 0.3 is 0 Å². The summed E-state index contributed by atoms with van der Waals surface area (Å²) in [7, 11) is 0. The standard InChI is InChI=1S/C12H15BrN4S/c1-7(14)5-9-3-4-11(10(13)6-9)18-12-15-8(2)16-17-12/h3-4,6-7H,5,14H2,1-2H3,(H,15,16,17). The summed E-state index contributed by atoms with van der Waals surface area (Å²) < 4.78 is 1.05. The molecule has 2 rings (SSSR count). The van der Waals surface area contributed by atoms with Crippen LogP contribution in [0.5, 0.6) is 0 Å². The fraction of sp³-hybridized carbons (Fsp3) is 0.333. The summed E-state index contributed by atoms with van der Waals surface area (Å²) in [5.74, 6) is 0.821. The largest absolute Gasteiger partial charge is 0.328 e. The SMILES string of the molecule is Cc1nc(Sc2ccc(CC(C)N)cc2Br)n[nH]1. The summed E-state index contributed by atoms with van der Waals surface area (Å²) in [6, 6.07) is 6.44. The van der Waals surface area contributed by atoms with Crippen molar-refractivity contribution >= 4 is 27.7 Å². The van der Waals surface area contributed by atoms with Crippen molar-refractivity contribution in [3.63, 3.8) is 0 Å². The van der Waals surface area contributed by atoms with Gasteiger partial charge in [0, 0.05) is 15.4 Å². The van der Waals surface area contributed by atoms with Gasteiger partial charge in [-0.25, -0.2) is 4.98 Å². The van der Waals surface area contributed by atoms with Crippen molar-refractivity contribution in [3.8, 4) is 0 Å². The number of benzene rings is 1. The molecule has 1 atom stereocenters. The van der Waals surface area contributed by atoms with E-state index in [0.29, 0.717) is 0 Å². The Hall–Kier alpha value is -0.850. The fourth-order valence-electron chi connectivity index (χ4n) is 1.59. The van der Waals surface area contributed by atoms with Crippen molar-refractivity contribution < 1.29 is 0 Å². The number of aromatic amines is 1. The van der Waals surface area contributed by atoms with Gasteiger partial charge in [0.25, 0.3) is 0 Å².